The summed E-state index contributed by atoms with van der Waals surface area (Å²) in [5.41, 5.74) is 10.8. The third-order valence-electron chi connectivity index (χ3n) is 4.74. The van der Waals surface area contributed by atoms with Crippen LogP contribution in [0.15, 0.2) is 24.3 Å². The summed E-state index contributed by atoms with van der Waals surface area (Å²) < 4.78 is 1.97. The Bertz CT molecular complexity index is 764. The molecule has 0 unspecified atom stereocenters. The lowest BCUT2D eigenvalue weighted by atomic mass is 10.1. The minimum Gasteiger partial charge on any atom is -0.340 e. The Morgan fingerprint density at radius 2 is 1.92 bits per heavy atom. The highest BCUT2D eigenvalue weighted by atomic mass is 35.5. The maximum atomic E-state index is 12.4. The number of benzene rings is 1. The lowest BCUT2D eigenvalue weighted by Crippen LogP contribution is -2.43. The van der Waals surface area contributed by atoms with E-state index in [4.69, 9.17) is 5.73 Å². The number of aryl methyl sites for hydroxylation is 2. The van der Waals surface area contributed by atoms with Gasteiger partial charge in [-0.3, -0.25) is 4.79 Å². The van der Waals surface area contributed by atoms with Crippen LogP contribution in [0.1, 0.15) is 35.4 Å². The SMILES string of the molecule is Cc1ccccc1-n1nc(C)c(CN(C)C(=O)C2(N)CC2)c1C.Cl. The van der Waals surface area contributed by atoms with Crippen LogP contribution in [-0.4, -0.2) is 33.2 Å². The zero-order chi connectivity index (χ0) is 16.8. The molecule has 0 spiro atoms. The number of carbonyl (C=O) groups is 1. The van der Waals surface area contributed by atoms with E-state index in [1.54, 1.807) is 4.90 Å². The first-order valence-electron chi connectivity index (χ1n) is 7.99. The van der Waals surface area contributed by atoms with Gasteiger partial charge in [0.2, 0.25) is 5.91 Å². The molecule has 24 heavy (non-hydrogen) atoms. The van der Waals surface area contributed by atoms with E-state index < -0.39 is 5.54 Å². The number of carbonyl (C=O) groups excluding carboxylic acids is 1. The zero-order valence-electron chi connectivity index (χ0n) is 14.7. The van der Waals surface area contributed by atoms with E-state index in [9.17, 15) is 4.79 Å². The first kappa shape index (κ1) is 18.5. The molecule has 1 aliphatic carbocycles. The predicted molar refractivity (Wildman–Crippen MR) is 97.6 cm³/mol. The largest absolute Gasteiger partial charge is 0.340 e. The summed E-state index contributed by atoms with van der Waals surface area (Å²) in [6.07, 6.45) is 1.58. The highest BCUT2D eigenvalue weighted by Gasteiger charge is 2.47. The number of rotatable bonds is 4. The monoisotopic (exact) mass is 348 g/mol. The van der Waals surface area contributed by atoms with Crippen molar-refractivity contribution >= 4 is 18.3 Å². The lowest BCUT2D eigenvalue weighted by Gasteiger charge is -2.21. The number of hydrogen-bond donors (Lipinski definition) is 1. The standard InChI is InChI=1S/C18H24N4O.ClH/c1-12-7-5-6-8-16(12)22-14(3)15(13(2)20-22)11-21(4)17(23)18(19)9-10-18;/h5-8H,9-11,19H2,1-4H3;1H. The van der Waals surface area contributed by atoms with Gasteiger partial charge in [0, 0.05) is 24.8 Å². The van der Waals surface area contributed by atoms with E-state index >= 15 is 0 Å². The summed E-state index contributed by atoms with van der Waals surface area (Å²) in [5, 5.41) is 4.68. The topological polar surface area (TPSA) is 64.2 Å². The Balaban J connectivity index is 0.00000208. The van der Waals surface area contributed by atoms with Crippen molar-refractivity contribution in [1.82, 2.24) is 14.7 Å². The van der Waals surface area contributed by atoms with Crippen LogP contribution >= 0.6 is 12.4 Å². The molecule has 2 N–H and O–H groups in total. The maximum absolute atomic E-state index is 12.4. The van der Waals surface area contributed by atoms with E-state index in [2.05, 4.69) is 31.1 Å². The highest BCUT2D eigenvalue weighted by Crippen LogP contribution is 2.34. The molecule has 0 saturated heterocycles. The van der Waals surface area contributed by atoms with Crippen molar-refractivity contribution in [2.45, 2.75) is 45.7 Å². The minimum atomic E-state index is -0.622. The molecule has 5 nitrogen and oxygen atoms in total. The molecule has 0 bridgehead atoms. The molecule has 1 amide bonds. The zero-order valence-corrected chi connectivity index (χ0v) is 15.5. The summed E-state index contributed by atoms with van der Waals surface area (Å²) in [7, 11) is 1.82. The highest BCUT2D eigenvalue weighted by molar-refractivity contribution is 5.88. The molecule has 1 aliphatic rings. The molecule has 1 aromatic carbocycles. The fourth-order valence-electron chi connectivity index (χ4n) is 2.98. The van der Waals surface area contributed by atoms with Crippen molar-refractivity contribution in [2.24, 2.45) is 5.73 Å². The van der Waals surface area contributed by atoms with Crippen molar-refractivity contribution in [3.05, 3.63) is 46.8 Å². The Hall–Kier alpha value is -1.85. The summed E-state index contributed by atoms with van der Waals surface area (Å²) in [4.78, 5) is 14.1. The van der Waals surface area contributed by atoms with Crippen molar-refractivity contribution < 1.29 is 4.79 Å². The van der Waals surface area contributed by atoms with Crippen LogP contribution in [0.25, 0.3) is 5.69 Å². The van der Waals surface area contributed by atoms with Crippen LogP contribution in [-0.2, 0) is 11.3 Å². The van der Waals surface area contributed by atoms with E-state index in [0.29, 0.717) is 6.54 Å². The lowest BCUT2D eigenvalue weighted by molar-refractivity contribution is -0.132. The Morgan fingerprint density at radius 1 is 1.29 bits per heavy atom. The van der Waals surface area contributed by atoms with Gasteiger partial charge in [-0.2, -0.15) is 5.10 Å². The maximum Gasteiger partial charge on any atom is 0.242 e. The number of para-hydroxylation sites is 1. The van der Waals surface area contributed by atoms with E-state index in [-0.39, 0.29) is 18.3 Å². The second-order valence-corrected chi connectivity index (χ2v) is 6.67. The first-order chi connectivity index (χ1) is 10.8. The summed E-state index contributed by atoms with van der Waals surface area (Å²) in [5.74, 6) is 0.0277. The van der Waals surface area contributed by atoms with Gasteiger partial charge in [-0.15, -0.1) is 12.4 Å². The van der Waals surface area contributed by atoms with Crippen LogP contribution in [0.2, 0.25) is 0 Å². The Morgan fingerprint density at radius 3 is 2.50 bits per heavy atom. The summed E-state index contributed by atoms with van der Waals surface area (Å²) in [6.45, 7) is 6.66. The molecule has 2 aromatic rings. The first-order valence-corrected chi connectivity index (χ1v) is 7.99. The molecule has 130 valence electrons. The van der Waals surface area contributed by atoms with Gasteiger partial charge >= 0.3 is 0 Å². The van der Waals surface area contributed by atoms with Crippen LogP contribution < -0.4 is 5.73 Å². The van der Waals surface area contributed by atoms with Crippen LogP contribution in [0.4, 0.5) is 0 Å². The second-order valence-electron chi connectivity index (χ2n) is 6.67. The number of hydrogen-bond acceptors (Lipinski definition) is 3. The van der Waals surface area contributed by atoms with Gasteiger partial charge in [-0.1, -0.05) is 18.2 Å². The van der Waals surface area contributed by atoms with E-state index in [1.807, 2.05) is 30.8 Å². The van der Waals surface area contributed by atoms with Gasteiger partial charge in [0.15, 0.2) is 0 Å². The number of aromatic nitrogens is 2. The van der Waals surface area contributed by atoms with Crippen LogP contribution in [0.3, 0.4) is 0 Å². The molecule has 1 saturated carbocycles. The number of nitrogens with two attached hydrogens (primary N) is 1. The average molecular weight is 349 g/mol. The fourth-order valence-corrected chi connectivity index (χ4v) is 2.98. The molecule has 0 atom stereocenters. The molecule has 3 rings (SSSR count). The average Bonchev–Trinajstić information content (AvgIpc) is 3.22. The van der Waals surface area contributed by atoms with Gasteiger partial charge in [0.1, 0.15) is 0 Å². The molecule has 1 aromatic heterocycles. The molecule has 0 radical (unpaired) electrons. The molecule has 1 fully saturated rings. The molecular formula is C18H25ClN4O. The third kappa shape index (κ3) is 3.19. The van der Waals surface area contributed by atoms with Gasteiger partial charge in [0.05, 0.1) is 16.9 Å². The number of halogens is 1. The van der Waals surface area contributed by atoms with Crippen molar-refractivity contribution in [3.8, 4) is 5.69 Å². The summed E-state index contributed by atoms with van der Waals surface area (Å²) in [6, 6.07) is 8.17. The van der Waals surface area contributed by atoms with Crippen LogP contribution in [0.5, 0.6) is 0 Å². The van der Waals surface area contributed by atoms with Crippen molar-refractivity contribution in [3.63, 3.8) is 0 Å². The smallest absolute Gasteiger partial charge is 0.242 e. The normalized spacial score (nSPS) is 14.9. The quantitative estimate of drug-likeness (QED) is 0.923. The molecule has 0 aliphatic heterocycles. The number of amides is 1. The third-order valence-corrected chi connectivity index (χ3v) is 4.74. The van der Waals surface area contributed by atoms with Gasteiger partial charge in [-0.25, -0.2) is 4.68 Å². The van der Waals surface area contributed by atoms with Gasteiger partial charge in [-0.05, 0) is 45.2 Å². The van der Waals surface area contributed by atoms with Crippen molar-refractivity contribution in [2.75, 3.05) is 7.05 Å². The fraction of sp³-hybridized carbons (Fsp3) is 0.444. The summed E-state index contributed by atoms with van der Waals surface area (Å²) >= 11 is 0. The number of likely N-dealkylation sites (N-methyl/N-ethyl adjacent to an activating group) is 1. The van der Waals surface area contributed by atoms with Gasteiger partial charge in [0.25, 0.3) is 0 Å². The Kier molecular flexibility index (Phi) is 5.06. The van der Waals surface area contributed by atoms with E-state index in [0.717, 1.165) is 35.5 Å². The molecule has 1 heterocycles. The predicted octanol–water partition coefficient (Wildman–Crippen LogP) is 2.67. The van der Waals surface area contributed by atoms with Crippen molar-refractivity contribution in [1.29, 1.82) is 0 Å². The minimum absolute atomic E-state index is 0. The van der Waals surface area contributed by atoms with Gasteiger partial charge < -0.3 is 10.6 Å². The molecular weight excluding hydrogens is 324 g/mol. The van der Waals surface area contributed by atoms with E-state index in [1.165, 1.54) is 5.56 Å². The number of nitrogens with zero attached hydrogens (tertiary/aromatic N) is 3. The molecule has 6 heteroatoms. The van der Waals surface area contributed by atoms with Crippen LogP contribution in [0, 0.1) is 20.8 Å². The Labute approximate surface area is 149 Å². The second kappa shape index (κ2) is 6.57.